The molecule has 0 aliphatic rings. The van der Waals surface area contributed by atoms with Crippen molar-refractivity contribution < 1.29 is 17.6 Å². The number of rotatable bonds is 5. The predicted molar refractivity (Wildman–Crippen MR) is 95.8 cm³/mol. The van der Waals surface area contributed by atoms with Crippen LogP contribution in [-0.4, -0.2) is 33.3 Å². The topological polar surface area (TPSA) is 78.8 Å². The molecular formula is C17H18FN3O3S. The van der Waals surface area contributed by atoms with E-state index in [0.717, 1.165) is 10.6 Å². The molecule has 0 atom stereocenters. The number of carbonyl (C=O) groups is 1. The maximum atomic E-state index is 12.9. The van der Waals surface area contributed by atoms with Crippen LogP contribution >= 0.6 is 0 Å². The first-order chi connectivity index (χ1) is 11.7. The van der Waals surface area contributed by atoms with E-state index in [0.29, 0.717) is 22.5 Å². The Kier molecular flexibility index (Phi) is 5.53. The van der Waals surface area contributed by atoms with Gasteiger partial charge in [0.1, 0.15) is 5.82 Å². The summed E-state index contributed by atoms with van der Waals surface area (Å²) in [5.74, 6) is -0.783. The van der Waals surface area contributed by atoms with Crippen LogP contribution in [0.25, 0.3) is 0 Å². The Hall–Kier alpha value is -2.74. The minimum Gasteiger partial charge on any atom is -0.274 e. The Bertz CT molecular complexity index is 892. The second-order valence-electron chi connectivity index (χ2n) is 5.42. The van der Waals surface area contributed by atoms with Crippen molar-refractivity contribution in [1.82, 2.24) is 5.43 Å². The van der Waals surface area contributed by atoms with Crippen LogP contribution < -0.4 is 9.73 Å². The number of hydrazone groups is 1. The quantitative estimate of drug-likeness (QED) is 0.654. The molecule has 132 valence electrons. The second-order valence-corrected chi connectivity index (χ2v) is 7.44. The molecule has 25 heavy (non-hydrogen) atoms. The van der Waals surface area contributed by atoms with Crippen LogP contribution in [0, 0.1) is 5.82 Å². The van der Waals surface area contributed by atoms with Gasteiger partial charge in [-0.15, -0.1) is 0 Å². The minimum absolute atomic E-state index is 0.335. The van der Waals surface area contributed by atoms with Crippen molar-refractivity contribution in [1.29, 1.82) is 0 Å². The van der Waals surface area contributed by atoms with Gasteiger partial charge in [-0.05, 0) is 48.9 Å². The lowest BCUT2D eigenvalue weighted by Gasteiger charge is -2.16. The zero-order valence-electron chi connectivity index (χ0n) is 14.0. The van der Waals surface area contributed by atoms with Crippen molar-refractivity contribution in [2.75, 3.05) is 17.6 Å². The van der Waals surface area contributed by atoms with Gasteiger partial charge >= 0.3 is 0 Å². The molecule has 1 amide bonds. The van der Waals surface area contributed by atoms with E-state index in [1.165, 1.54) is 43.4 Å². The van der Waals surface area contributed by atoms with Gasteiger partial charge in [0.2, 0.25) is 10.0 Å². The summed E-state index contributed by atoms with van der Waals surface area (Å²) in [6.45, 7) is 1.69. The van der Waals surface area contributed by atoms with E-state index < -0.39 is 15.9 Å². The van der Waals surface area contributed by atoms with Gasteiger partial charge in [-0.2, -0.15) is 5.10 Å². The molecule has 0 aliphatic carbocycles. The molecule has 0 fully saturated rings. The summed E-state index contributed by atoms with van der Waals surface area (Å²) in [7, 11) is -1.93. The minimum atomic E-state index is -3.36. The number of nitrogens with zero attached hydrogens (tertiary/aromatic N) is 2. The van der Waals surface area contributed by atoms with Crippen molar-refractivity contribution in [3.05, 3.63) is 65.5 Å². The third-order valence-corrected chi connectivity index (χ3v) is 4.78. The van der Waals surface area contributed by atoms with Crippen molar-refractivity contribution in [3.63, 3.8) is 0 Å². The first kappa shape index (κ1) is 18.6. The van der Waals surface area contributed by atoms with Gasteiger partial charge < -0.3 is 0 Å². The molecule has 6 nitrogen and oxygen atoms in total. The molecule has 2 rings (SSSR count). The van der Waals surface area contributed by atoms with E-state index in [4.69, 9.17) is 0 Å². The SMILES string of the molecule is C/C(=N/NC(=O)c1ccc(N(C)S(C)(=O)=O)cc1)c1ccc(F)cc1. The molecule has 1 N–H and O–H groups in total. The highest BCUT2D eigenvalue weighted by molar-refractivity contribution is 7.92. The van der Waals surface area contributed by atoms with Gasteiger partial charge in [-0.1, -0.05) is 12.1 Å². The number of hydrogen-bond donors (Lipinski definition) is 1. The summed E-state index contributed by atoms with van der Waals surface area (Å²) in [5, 5.41) is 3.99. The van der Waals surface area contributed by atoms with E-state index >= 15 is 0 Å². The van der Waals surface area contributed by atoms with Crippen LogP contribution in [0.4, 0.5) is 10.1 Å². The van der Waals surface area contributed by atoms with Gasteiger partial charge in [0.25, 0.3) is 5.91 Å². The molecule has 0 saturated heterocycles. The smallest absolute Gasteiger partial charge is 0.271 e. The van der Waals surface area contributed by atoms with Gasteiger partial charge in [0.05, 0.1) is 17.7 Å². The monoisotopic (exact) mass is 363 g/mol. The lowest BCUT2D eigenvalue weighted by atomic mass is 10.1. The predicted octanol–water partition coefficient (Wildman–Crippen LogP) is 2.38. The maximum absolute atomic E-state index is 12.9. The molecule has 0 unspecified atom stereocenters. The van der Waals surface area contributed by atoms with Crippen molar-refractivity contribution in [2.45, 2.75) is 6.92 Å². The van der Waals surface area contributed by atoms with Crippen molar-refractivity contribution in [3.8, 4) is 0 Å². The largest absolute Gasteiger partial charge is 0.274 e. The number of carbonyl (C=O) groups excluding carboxylic acids is 1. The fourth-order valence-electron chi connectivity index (χ4n) is 1.97. The summed E-state index contributed by atoms with van der Waals surface area (Å²) in [4.78, 5) is 12.1. The van der Waals surface area contributed by atoms with Crippen molar-refractivity contribution >= 4 is 27.3 Å². The molecule has 0 bridgehead atoms. The third kappa shape index (κ3) is 4.87. The van der Waals surface area contributed by atoms with Gasteiger partial charge in [0, 0.05) is 12.6 Å². The number of halogens is 1. The number of hydrogen-bond acceptors (Lipinski definition) is 4. The molecule has 8 heteroatoms. The van der Waals surface area contributed by atoms with Crippen molar-refractivity contribution in [2.24, 2.45) is 5.10 Å². The number of nitrogens with one attached hydrogen (secondary N) is 1. The molecule has 0 spiro atoms. The van der Waals surface area contributed by atoms with Gasteiger partial charge in [-0.3, -0.25) is 9.10 Å². The summed E-state index contributed by atoms with van der Waals surface area (Å²) in [5.41, 5.74) is 4.41. The number of amides is 1. The summed E-state index contributed by atoms with van der Waals surface area (Å²) in [6.07, 6.45) is 1.10. The highest BCUT2D eigenvalue weighted by Crippen LogP contribution is 2.16. The normalized spacial score (nSPS) is 11.9. The fourth-order valence-corrected chi connectivity index (χ4v) is 2.47. The van der Waals surface area contributed by atoms with Crippen LogP contribution in [0.1, 0.15) is 22.8 Å². The number of anilines is 1. The number of sulfonamides is 1. The highest BCUT2D eigenvalue weighted by Gasteiger charge is 2.12. The summed E-state index contributed by atoms with van der Waals surface area (Å²) >= 11 is 0. The highest BCUT2D eigenvalue weighted by atomic mass is 32.2. The summed E-state index contributed by atoms with van der Waals surface area (Å²) < 4.78 is 37.0. The zero-order valence-corrected chi connectivity index (χ0v) is 14.8. The lowest BCUT2D eigenvalue weighted by molar-refractivity contribution is 0.0955. The Labute approximate surface area is 146 Å². The average molecular weight is 363 g/mol. The standard InChI is InChI=1S/C17H18FN3O3S/c1-12(13-4-8-15(18)9-5-13)19-20-17(22)14-6-10-16(11-7-14)21(2)25(3,23)24/h4-11H,1-3H3,(H,20,22)/b19-12-. The Balaban J connectivity index is 2.08. The van der Waals surface area contributed by atoms with E-state index in [1.54, 1.807) is 19.1 Å². The Morgan fingerprint density at radius 2 is 1.56 bits per heavy atom. The van der Waals surface area contributed by atoms with Crippen LogP contribution in [-0.2, 0) is 10.0 Å². The maximum Gasteiger partial charge on any atom is 0.271 e. The molecule has 0 aromatic heterocycles. The molecule has 2 aromatic carbocycles. The zero-order chi connectivity index (χ0) is 18.6. The van der Waals surface area contributed by atoms with Gasteiger partial charge in [0.15, 0.2) is 0 Å². The van der Waals surface area contributed by atoms with Gasteiger partial charge in [-0.25, -0.2) is 18.2 Å². The average Bonchev–Trinajstić information content (AvgIpc) is 2.58. The molecule has 0 heterocycles. The van der Waals surface area contributed by atoms with E-state index in [9.17, 15) is 17.6 Å². The Morgan fingerprint density at radius 1 is 1.04 bits per heavy atom. The molecular weight excluding hydrogens is 345 g/mol. The fraction of sp³-hybridized carbons (Fsp3) is 0.176. The molecule has 0 saturated carbocycles. The first-order valence-corrected chi connectivity index (χ1v) is 9.18. The molecule has 2 aromatic rings. The molecule has 0 aliphatic heterocycles. The number of benzene rings is 2. The van der Waals surface area contributed by atoms with E-state index in [1.807, 2.05) is 0 Å². The summed E-state index contributed by atoms with van der Waals surface area (Å²) in [6, 6.07) is 11.8. The van der Waals surface area contributed by atoms with Crippen LogP contribution in [0.3, 0.4) is 0 Å². The van der Waals surface area contributed by atoms with E-state index in [-0.39, 0.29) is 5.82 Å². The van der Waals surface area contributed by atoms with Crippen LogP contribution in [0.5, 0.6) is 0 Å². The first-order valence-electron chi connectivity index (χ1n) is 7.33. The van der Waals surface area contributed by atoms with E-state index in [2.05, 4.69) is 10.5 Å². The molecule has 0 radical (unpaired) electrons. The lowest BCUT2D eigenvalue weighted by Crippen LogP contribution is -2.25. The second kappa shape index (κ2) is 7.43. The third-order valence-electron chi connectivity index (χ3n) is 3.58. The van der Waals surface area contributed by atoms with Crippen LogP contribution in [0.2, 0.25) is 0 Å². The van der Waals surface area contributed by atoms with Crippen LogP contribution in [0.15, 0.2) is 53.6 Å². The Morgan fingerprint density at radius 3 is 2.08 bits per heavy atom.